The molecule has 0 saturated carbocycles. The van der Waals surface area contributed by atoms with E-state index >= 15 is 0 Å². The maximum Gasteiger partial charge on any atom is 0.251 e. The molecule has 3 rings (SSSR count). The number of rotatable bonds is 6. The van der Waals surface area contributed by atoms with E-state index in [-0.39, 0.29) is 11.9 Å². The number of hydrogen-bond acceptors (Lipinski definition) is 4. The molecule has 2 aromatic carbocycles. The van der Waals surface area contributed by atoms with Gasteiger partial charge in [0.1, 0.15) is 12.7 Å². The third-order valence-corrected chi connectivity index (χ3v) is 4.16. The summed E-state index contributed by atoms with van der Waals surface area (Å²) in [7, 11) is 4.04. The van der Waals surface area contributed by atoms with Crippen LogP contribution in [0.15, 0.2) is 61.2 Å². The van der Waals surface area contributed by atoms with Gasteiger partial charge in [-0.1, -0.05) is 18.2 Å². The summed E-state index contributed by atoms with van der Waals surface area (Å²) in [5.41, 5.74) is 3.77. The Hall–Kier alpha value is -3.15. The van der Waals surface area contributed by atoms with Crippen molar-refractivity contribution in [2.75, 3.05) is 19.0 Å². The molecule has 0 spiro atoms. The number of amides is 1. The summed E-state index contributed by atoms with van der Waals surface area (Å²) in [6.45, 7) is 2.01. The molecule has 1 atom stereocenters. The third kappa shape index (κ3) is 4.27. The lowest BCUT2D eigenvalue weighted by Crippen LogP contribution is -2.34. The Bertz CT molecular complexity index is 856. The highest BCUT2D eigenvalue weighted by atomic mass is 16.1. The van der Waals surface area contributed by atoms with E-state index in [2.05, 4.69) is 44.6 Å². The van der Waals surface area contributed by atoms with Crippen molar-refractivity contribution in [2.45, 2.75) is 19.4 Å². The van der Waals surface area contributed by atoms with Crippen molar-refractivity contribution in [3.63, 3.8) is 0 Å². The topological polar surface area (TPSA) is 63.1 Å². The van der Waals surface area contributed by atoms with Gasteiger partial charge in [0.15, 0.2) is 0 Å². The summed E-state index contributed by atoms with van der Waals surface area (Å²) in [6, 6.07) is 15.8. The zero-order valence-electron chi connectivity index (χ0n) is 15.3. The van der Waals surface area contributed by atoms with Crippen LogP contribution in [-0.2, 0) is 6.42 Å². The summed E-state index contributed by atoms with van der Waals surface area (Å²) >= 11 is 0. The van der Waals surface area contributed by atoms with Crippen LogP contribution in [0.2, 0.25) is 0 Å². The maximum absolute atomic E-state index is 12.5. The van der Waals surface area contributed by atoms with Gasteiger partial charge in [0.2, 0.25) is 0 Å². The highest BCUT2D eigenvalue weighted by Gasteiger charge is 2.11. The average Bonchev–Trinajstić information content (AvgIpc) is 3.17. The molecular weight excluding hydrogens is 326 g/mol. The number of anilines is 1. The zero-order chi connectivity index (χ0) is 18.5. The van der Waals surface area contributed by atoms with Gasteiger partial charge in [-0.3, -0.25) is 4.79 Å². The minimum absolute atomic E-state index is 0.0303. The lowest BCUT2D eigenvalue weighted by Gasteiger charge is -2.16. The molecule has 6 heteroatoms. The second-order valence-corrected chi connectivity index (χ2v) is 6.53. The molecular formula is C20H23N5O. The van der Waals surface area contributed by atoms with Crippen LogP contribution < -0.4 is 10.2 Å². The van der Waals surface area contributed by atoms with E-state index in [9.17, 15) is 4.79 Å². The Balaban J connectivity index is 1.63. The van der Waals surface area contributed by atoms with E-state index in [1.54, 1.807) is 17.1 Å². The second kappa shape index (κ2) is 7.82. The van der Waals surface area contributed by atoms with E-state index in [4.69, 9.17) is 0 Å². The predicted molar refractivity (Wildman–Crippen MR) is 103 cm³/mol. The van der Waals surface area contributed by atoms with Crippen LogP contribution in [0.3, 0.4) is 0 Å². The number of nitrogens with one attached hydrogen (secondary N) is 1. The molecule has 1 N–H and O–H groups in total. The molecule has 0 fully saturated rings. The highest BCUT2D eigenvalue weighted by molar-refractivity contribution is 5.94. The number of nitrogens with zero attached hydrogens (tertiary/aromatic N) is 4. The van der Waals surface area contributed by atoms with Gasteiger partial charge in [0.25, 0.3) is 5.91 Å². The van der Waals surface area contributed by atoms with Crippen LogP contribution in [0.1, 0.15) is 22.8 Å². The van der Waals surface area contributed by atoms with Gasteiger partial charge in [-0.2, -0.15) is 5.10 Å². The molecule has 0 aliphatic carbocycles. The van der Waals surface area contributed by atoms with E-state index in [1.165, 1.54) is 11.9 Å². The monoisotopic (exact) mass is 349 g/mol. The summed E-state index contributed by atoms with van der Waals surface area (Å²) in [6.07, 6.45) is 3.86. The fraction of sp³-hybridized carbons (Fsp3) is 0.250. The first-order chi connectivity index (χ1) is 12.5. The molecule has 1 heterocycles. The lowest BCUT2D eigenvalue weighted by atomic mass is 10.1. The van der Waals surface area contributed by atoms with Crippen molar-refractivity contribution >= 4 is 11.6 Å². The summed E-state index contributed by atoms with van der Waals surface area (Å²) in [5.74, 6) is -0.0932. The maximum atomic E-state index is 12.5. The molecule has 26 heavy (non-hydrogen) atoms. The molecule has 0 bridgehead atoms. The van der Waals surface area contributed by atoms with E-state index < -0.39 is 0 Å². The Morgan fingerprint density at radius 1 is 1.19 bits per heavy atom. The van der Waals surface area contributed by atoms with Gasteiger partial charge >= 0.3 is 0 Å². The van der Waals surface area contributed by atoms with E-state index in [0.29, 0.717) is 5.56 Å². The number of carbonyl (C=O) groups is 1. The van der Waals surface area contributed by atoms with E-state index in [0.717, 1.165) is 17.8 Å². The van der Waals surface area contributed by atoms with Gasteiger partial charge in [0.05, 0.1) is 5.69 Å². The van der Waals surface area contributed by atoms with Crippen molar-refractivity contribution in [3.8, 4) is 5.69 Å². The number of aromatic nitrogens is 3. The first-order valence-electron chi connectivity index (χ1n) is 8.55. The molecule has 134 valence electrons. The smallest absolute Gasteiger partial charge is 0.251 e. The average molecular weight is 349 g/mol. The predicted octanol–water partition coefficient (Wildman–Crippen LogP) is 2.69. The van der Waals surface area contributed by atoms with Gasteiger partial charge in [0, 0.05) is 31.4 Å². The van der Waals surface area contributed by atoms with Crippen LogP contribution in [0.4, 0.5) is 5.69 Å². The Kier molecular flexibility index (Phi) is 5.31. The largest absolute Gasteiger partial charge is 0.378 e. The van der Waals surface area contributed by atoms with Crippen LogP contribution in [-0.4, -0.2) is 40.8 Å². The van der Waals surface area contributed by atoms with E-state index in [1.807, 2.05) is 39.2 Å². The first kappa shape index (κ1) is 17.7. The lowest BCUT2D eigenvalue weighted by molar-refractivity contribution is 0.0940. The van der Waals surface area contributed by atoms with Crippen molar-refractivity contribution in [1.29, 1.82) is 0 Å². The normalized spacial score (nSPS) is 11.8. The highest BCUT2D eigenvalue weighted by Crippen LogP contribution is 2.14. The zero-order valence-corrected chi connectivity index (χ0v) is 15.3. The van der Waals surface area contributed by atoms with Crippen molar-refractivity contribution < 1.29 is 4.79 Å². The summed E-state index contributed by atoms with van der Waals surface area (Å²) in [5, 5.41) is 7.15. The Morgan fingerprint density at radius 2 is 1.96 bits per heavy atom. The molecule has 1 amide bonds. The fourth-order valence-corrected chi connectivity index (χ4v) is 2.77. The first-order valence-corrected chi connectivity index (χ1v) is 8.55. The number of benzene rings is 2. The summed E-state index contributed by atoms with van der Waals surface area (Å²) in [4.78, 5) is 18.5. The SMILES string of the molecule is C[C@H](Cc1ccc(N(C)C)cc1)NC(=O)c1cccc(-n2cncn2)c1. The fourth-order valence-electron chi connectivity index (χ4n) is 2.77. The molecule has 0 aliphatic rings. The molecule has 0 unspecified atom stereocenters. The van der Waals surface area contributed by atoms with Gasteiger partial charge in [-0.15, -0.1) is 0 Å². The Morgan fingerprint density at radius 3 is 2.62 bits per heavy atom. The second-order valence-electron chi connectivity index (χ2n) is 6.53. The van der Waals surface area contributed by atoms with Crippen LogP contribution >= 0.6 is 0 Å². The van der Waals surface area contributed by atoms with Crippen molar-refractivity contribution in [1.82, 2.24) is 20.1 Å². The third-order valence-electron chi connectivity index (χ3n) is 4.16. The van der Waals surface area contributed by atoms with Gasteiger partial charge < -0.3 is 10.2 Å². The van der Waals surface area contributed by atoms with Crippen LogP contribution in [0.5, 0.6) is 0 Å². The molecule has 6 nitrogen and oxygen atoms in total. The van der Waals surface area contributed by atoms with Crippen molar-refractivity contribution in [2.24, 2.45) is 0 Å². The minimum atomic E-state index is -0.0932. The standard InChI is InChI=1S/C20H23N5O/c1-15(11-16-7-9-18(10-8-16)24(2)3)23-20(26)17-5-4-6-19(12-17)25-14-21-13-22-25/h4-10,12-15H,11H2,1-3H3,(H,23,26)/t15-/m1/s1. The molecule has 1 aromatic heterocycles. The van der Waals surface area contributed by atoms with Crippen LogP contribution in [0.25, 0.3) is 5.69 Å². The van der Waals surface area contributed by atoms with Gasteiger partial charge in [-0.05, 0) is 49.2 Å². The van der Waals surface area contributed by atoms with Crippen LogP contribution in [0, 0.1) is 0 Å². The minimum Gasteiger partial charge on any atom is -0.378 e. The van der Waals surface area contributed by atoms with Crippen molar-refractivity contribution in [3.05, 3.63) is 72.3 Å². The Labute approximate surface area is 153 Å². The molecule has 0 aliphatic heterocycles. The molecule has 0 saturated heterocycles. The number of hydrogen-bond donors (Lipinski definition) is 1. The molecule has 3 aromatic rings. The number of carbonyl (C=O) groups excluding carboxylic acids is 1. The van der Waals surface area contributed by atoms with Gasteiger partial charge in [-0.25, -0.2) is 9.67 Å². The molecule has 0 radical (unpaired) electrons. The summed E-state index contributed by atoms with van der Waals surface area (Å²) < 4.78 is 1.63. The quantitative estimate of drug-likeness (QED) is 0.743.